The number of Topliss-reactive ketones (excluding diaryl/α,β-unsaturated/α-hetero) is 1. The lowest BCUT2D eigenvalue weighted by molar-refractivity contribution is -0.344. The minimum absolute atomic E-state index is 0.144. The Bertz CT molecular complexity index is 629. The molecule has 0 radical (unpaired) electrons. The summed E-state index contributed by atoms with van der Waals surface area (Å²) < 4.78 is 21.3. The van der Waals surface area contributed by atoms with Crippen LogP contribution in [0.4, 0.5) is 0 Å². The van der Waals surface area contributed by atoms with Crippen molar-refractivity contribution in [3.05, 3.63) is 11.1 Å². The average molecular weight is 388 g/mol. The number of ether oxygens (including phenoxy) is 4. The molecule has 0 aromatic rings. The molecule has 3 aliphatic rings. The normalized spacial score (nSPS) is 42.2. The van der Waals surface area contributed by atoms with Crippen molar-refractivity contribution in [2.45, 2.75) is 50.3 Å². The fraction of sp³-hybridized carbons (Fsp3) is 0.765. The average Bonchev–Trinajstić information content (AvgIpc) is 2.96. The van der Waals surface area contributed by atoms with E-state index in [0.717, 1.165) is 0 Å². The van der Waals surface area contributed by atoms with Gasteiger partial charge in [-0.15, -0.1) is 0 Å². The summed E-state index contributed by atoms with van der Waals surface area (Å²) in [6.07, 6.45) is -8.02. The molecule has 2 heterocycles. The summed E-state index contributed by atoms with van der Waals surface area (Å²) in [5.41, 5.74) is 0.431. The van der Waals surface area contributed by atoms with Gasteiger partial charge in [-0.25, -0.2) is 4.79 Å². The zero-order valence-corrected chi connectivity index (χ0v) is 15.0. The fourth-order valence-electron chi connectivity index (χ4n) is 3.85. The van der Waals surface area contributed by atoms with Crippen LogP contribution in [0.15, 0.2) is 11.1 Å². The minimum atomic E-state index is -1.59. The molecule has 2 fully saturated rings. The number of carbonyl (C=O) groups excluding carboxylic acids is 2. The second-order valence-corrected chi connectivity index (χ2v) is 7.03. The molecule has 8 atom stereocenters. The molecular formula is C17H24O10. The van der Waals surface area contributed by atoms with Crippen molar-refractivity contribution < 1.29 is 49.0 Å². The number of hydrogen-bond donors (Lipinski definition) is 4. The summed E-state index contributed by atoms with van der Waals surface area (Å²) in [5, 5.41) is 39.1. The lowest BCUT2D eigenvalue weighted by atomic mass is 9.89. The molecule has 1 saturated heterocycles. The molecule has 0 bridgehead atoms. The van der Waals surface area contributed by atoms with Gasteiger partial charge in [0.05, 0.1) is 25.9 Å². The Morgan fingerprint density at radius 1 is 1.19 bits per heavy atom. The number of methoxy groups -OCH3 is 1. The van der Waals surface area contributed by atoms with Crippen LogP contribution in [0.25, 0.3) is 0 Å². The SMILES string of the molecule is COC(=O)C1=C2C(=O)C[C@H](C)[C@H]2[C@H](O[C@@H]2O[C@H](CO)[C@@H](O)[C@H](O)[C@H]2O)OC1. The first-order valence-electron chi connectivity index (χ1n) is 8.72. The summed E-state index contributed by atoms with van der Waals surface area (Å²) in [7, 11) is 1.21. The lowest BCUT2D eigenvalue weighted by Crippen LogP contribution is -2.60. The molecule has 3 rings (SSSR count). The highest BCUT2D eigenvalue weighted by atomic mass is 16.8. The number of hydrogen-bond acceptors (Lipinski definition) is 10. The van der Waals surface area contributed by atoms with E-state index < -0.39 is 55.5 Å². The maximum absolute atomic E-state index is 12.4. The van der Waals surface area contributed by atoms with E-state index >= 15 is 0 Å². The first-order chi connectivity index (χ1) is 12.8. The van der Waals surface area contributed by atoms with Crippen molar-refractivity contribution in [1.29, 1.82) is 0 Å². The van der Waals surface area contributed by atoms with Gasteiger partial charge in [0.25, 0.3) is 0 Å². The van der Waals surface area contributed by atoms with Crippen LogP contribution in [0.3, 0.4) is 0 Å². The molecule has 0 amide bonds. The quantitative estimate of drug-likeness (QED) is 0.392. The third-order valence-electron chi connectivity index (χ3n) is 5.31. The van der Waals surface area contributed by atoms with Gasteiger partial charge >= 0.3 is 5.97 Å². The molecule has 0 spiro atoms. The van der Waals surface area contributed by atoms with Gasteiger partial charge < -0.3 is 39.4 Å². The summed E-state index contributed by atoms with van der Waals surface area (Å²) in [6, 6.07) is 0. The fourth-order valence-corrected chi connectivity index (χ4v) is 3.85. The summed E-state index contributed by atoms with van der Waals surface area (Å²) >= 11 is 0. The van der Waals surface area contributed by atoms with Gasteiger partial charge in [-0.1, -0.05) is 6.92 Å². The van der Waals surface area contributed by atoms with Gasteiger partial charge in [0.2, 0.25) is 0 Å². The Morgan fingerprint density at radius 3 is 2.52 bits per heavy atom. The van der Waals surface area contributed by atoms with Crippen LogP contribution in [-0.4, -0.2) is 89.5 Å². The minimum Gasteiger partial charge on any atom is -0.466 e. The second-order valence-electron chi connectivity index (χ2n) is 7.03. The number of aliphatic hydroxyl groups excluding tert-OH is 4. The van der Waals surface area contributed by atoms with Gasteiger partial charge in [-0.2, -0.15) is 0 Å². The van der Waals surface area contributed by atoms with Gasteiger partial charge in [0.15, 0.2) is 18.4 Å². The highest BCUT2D eigenvalue weighted by molar-refractivity contribution is 6.06. The maximum Gasteiger partial charge on any atom is 0.336 e. The molecule has 10 nitrogen and oxygen atoms in total. The number of aliphatic hydroxyl groups is 4. The predicted molar refractivity (Wildman–Crippen MR) is 85.9 cm³/mol. The van der Waals surface area contributed by atoms with Crippen LogP contribution in [-0.2, 0) is 28.5 Å². The predicted octanol–water partition coefficient (Wildman–Crippen LogP) is -2.15. The molecule has 1 saturated carbocycles. The Hall–Kier alpha value is -1.40. The maximum atomic E-state index is 12.4. The molecule has 1 aliphatic carbocycles. The number of rotatable bonds is 4. The molecular weight excluding hydrogens is 364 g/mol. The molecule has 2 aliphatic heterocycles. The lowest BCUT2D eigenvalue weighted by Gasteiger charge is -2.42. The standard InChI is InChI=1S/C17H24O10/c1-6-3-8(19)11-7(15(23)24-2)5-25-16(10(6)11)27-17-14(22)13(21)12(20)9(4-18)26-17/h6,9-10,12-14,16-18,20-22H,3-5H2,1-2H3/t6-,9+,10+,12+,13-,14+,16-,17-/m0/s1. The second kappa shape index (κ2) is 7.92. The van der Waals surface area contributed by atoms with E-state index in [-0.39, 0.29) is 35.9 Å². The van der Waals surface area contributed by atoms with Gasteiger partial charge in [0.1, 0.15) is 24.4 Å². The van der Waals surface area contributed by atoms with E-state index in [1.165, 1.54) is 7.11 Å². The summed E-state index contributed by atoms with van der Waals surface area (Å²) in [6.45, 7) is 1.01. The van der Waals surface area contributed by atoms with E-state index in [4.69, 9.17) is 18.9 Å². The highest BCUT2D eigenvalue weighted by Gasteiger charge is 2.50. The van der Waals surface area contributed by atoms with Crippen LogP contribution in [0, 0.1) is 11.8 Å². The van der Waals surface area contributed by atoms with Crippen molar-refractivity contribution in [3.8, 4) is 0 Å². The summed E-state index contributed by atoms with van der Waals surface area (Å²) in [4.78, 5) is 24.3. The van der Waals surface area contributed by atoms with E-state index in [2.05, 4.69) is 0 Å². The Balaban J connectivity index is 1.83. The topological polar surface area (TPSA) is 152 Å². The van der Waals surface area contributed by atoms with Crippen molar-refractivity contribution in [1.82, 2.24) is 0 Å². The largest absolute Gasteiger partial charge is 0.466 e. The van der Waals surface area contributed by atoms with E-state index in [9.17, 15) is 30.0 Å². The van der Waals surface area contributed by atoms with Crippen molar-refractivity contribution in [2.24, 2.45) is 11.8 Å². The Kier molecular flexibility index (Phi) is 5.96. The molecule has 152 valence electrons. The van der Waals surface area contributed by atoms with Gasteiger partial charge in [-0.3, -0.25) is 4.79 Å². The highest BCUT2D eigenvalue weighted by Crippen LogP contribution is 2.43. The summed E-state index contributed by atoms with van der Waals surface area (Å²) in [5.74, 6) is -1.61. The molecule has 0 unspecified atom stereocenters. The molecule has 0 aromatic heterocycles. The van der Waals surface area contributed by atoms with Crippen molar-refractivity contribution in [3.63, 3.8) is 0 Å². The Labute approximate surface area is 155 Å². The molecule has 10 heteroatoms. The number of carbonyl (C=O) groups is 2. The number of fused-ring (bicyclic) bond motifs is 1. The third kappa shape index (κ3) is 3.54. The third-order valence-corrected chi connectivity index (χ3v) is 5.31. The van der Waals surface area contributed by atoms with E-state index in [0.29, 0.717) is 0 Å². The van der Waals surface area contributed by atoms with Crippen LogP contribution in [0.2, 0.25) is 0 Å². The first-order valence-corrected chi connectivity index (χ1v) is 8.72. The number of esters is 1. The van der Waals surface area contributed by atoms with Crippen LogP contribution in [0.5, 0.6) is 0 Å². The van der Waals surface area contributed by atoms with Gasteiger partial charge in [0, 0.05) is 17.9 Å². The van der Waals surface area contributed by atoms with Crippen molar-refractivity contribution >= 4 is 11.8 Å². The molecule has 0 aromatic carbocycles. The zero-order chi connectivity index (χ0) is 19.9. The van der Waals surface area contributed by atoms with Crippen LogP contribution in [0.1, 0.15) is 13.3 Å². The molecule has 4 N–H and O–H groups in total. The Morgan fingerprint density at radius 2 is 1.89 bits per heavy atom. The van der Waals surface area contributed by atoms with E-state index in [1.807, 2.05) is 6.92 Å². The first kappa shape index (κ1) is 20.3. The molecule has 27 heavy (non-hydrogen) atoms. The van der Waals surface area contributed by atoms with Crippen LogP contribution < -0.4 is 0 Å². The zero-order valence-electron chi connectivity index (χ0n) is 15.0. The number of ketones is 1. The monoisotopic (exact) mass is 388 g/mol. The smallest absolute Gasteiger partial charge is 0.336 e. The van der Waals surface area contributed by atoms with Gasteiger partial charge in [-0.05, 0) is 5.92 Å². The van der Waals surface area contributed by atoms with E-state index in [1.54, 1.807) is 0 Å². The van der Waals surface area contributed by atoms with Crippen LogP contribution >= 0.6 is 0 Å². The van der Waals surface area contributed by atoms with Crippen molar-refractivity contribution in [2.75, 3.05) is 20.3 Å².